The van der Waals surface area contributed by atoms with Crippen LogP contribution in [0, 0.1) is 5.92 Å². The van der Waals surface area contributed by atoms with Crippen LogP contribution in [0.2, 0.25) is 0 Å². The number of ether oxygens (including phenoxy) is 3. The lowest BCUT2D eigenvalue weighted by atomic mass is 9.94. The minimum Gasteiger partial charge on any atom is -0.382 e. The molecule has 338 valence electrons. The number of aromatic nitrogens is 2. The van der Waals surface area contributed by atoms with Crippen molar-refractivity contribution in [1.82, 2.24) is 30.5 Å². The lowest BCUT2D eigenvalue weighted by Crippen LogP contribution is -2.54. The van der Waals surface area contributed by atoms with Gasteiger partial charge in [-0.1, -0.05) is 48.5 Å². The summed E-state index contributed by atoms with van der Waals surface area (Å²) in [5.74, 6) is -1.67. The second kappa shape index (κ2) is 21.2. The highest BCUT2D eigenvalue weighted by atomic mass is 16.5. The standard InChI is InChI=1S/C47H51N9O9/c57-41-14-13-39(44(59)53-41)55-46(61)35-7-4-8-36(42(35)47(55)62)48-19-23-63-25-27-65-28-26-64-24-20-49-43(58)33-11-9-31(10-12-33)37-29-40(51-30-50-37)54-21-16-34(17-22-54)45(60)56-38(15-18-52-56)32-5-2-1-3-6-32/h1-12,18,29-30,34,38-39,48H,13-17,19-28H2,(H,49,58)(H,53,57,59). The Labute approximate surface area is 375 Å². The normalized spacial score (nSPS) is 18.6. The minimum atomic E-state index is -1.03. The van der Waals surface area contributed by atoms with Gasteiger partial charge in [-0.15, -0.1) is 0 Å². The van der Waals surface area contributed by atoms with Gasteiger partial charge < -0.3 is 29.7 Å². The van der Waals surface area contributed by atoms with Crippen LogP contribution < -0.4 is 20.9 Å². The Balaban J connectivity index is 0.675. The number of hydrazone groups is 1. The van der Waals surface area contributed by atoms with Gasteiger partial charge >= 0.3 is 0 Å². The van der Waals surface area contributed by atoms with E-state index in [0.717, 1.165) is 34.0 Å². The maximum absolute atomic E-state index is 13.5. The Morgan fingerprint density at radius 3 is 2.22 bits per heavy atom. The number of nitrogens with zero attached hydrogens (tertiary/aromatic N) is 6. The minimum absolute atomic E-state index is 0.0531. The number of benzene rings is 3. The zero-order chi connectivity index (χ0) is 45.1. The van der Waals surface area contributed by atoms with E-state index in [1.807, 2.05) is 54.7 Å². The maximum Gasteiger partial charge on any atom is 0.264 e. The number of carbonyl (C=O) groups is 6. The number of carbonyl (C=O) groups excluding carboxylic acids is 6. The average molecular weight is 886 g/mol. The molecular formula is C47H51N9O9. The summed E-state index contributed by atoms with van der Waals surface area (Å²) < 4.78 is 16.8. The summed E-state index contributed by atoms with van der Waals surface area (Å²) in [5, 5.41) is 14.3. The van der Waals surface area contributed by atoms with Crippen LogP contribution in [0.1, 0.15) is 74.8 Å². The molecule has 0 aliphatic carbocycles. The van der Waals surface area contributed by atoms with Crippen LogP contribution in [0.15, 0.2) is 90.3 Å². The van der Waals surface area contributed by atoms with Crippen LogP contribution in [0.3, 0.4) is 0 Å². The van der Waals surface area contributed by atoms with E-state index in [1.54, 1.807) is 41.7 Å². The van der Waals surface area contributed by atoms with Gasteiger partial charge in [-0.2, -0.15) is 5.10 Å². The number of fused-ring (bicyclic) bond motifs is 1. The summed E-state index contributed by atoms with van der Waals surface area (Å²) in [6, 6.07) is 23.0. The number of anilines is 2. The van der Waals surface area contributed by atoms with Crippen molar-refractivity contribution in [2.75, 3.05) is 76.0 Å². The third kappa shape index (κ3) is 10.6. The SMILES string of the molecule is O=C1CCC(N2C(=O)c3cccc(NCCOCCOCCOCCNC(=O)c4ccc(-c5cc(N6CCC(C(=O)N7N=CCC7c7ccccc7)CC6)ncn5)cc4)c3C2=O)C(=O)N1. The molecule has 6 amide bonds. The molecule has 2 atom stereocenters. The quantitative estimate of drug-likeness (QED) is 0.0908. The predicted octanol–water partition coefficient (Wildman–Crippen LogP) is 3.61. The van der Waals surface area contributed by atoms with E-state index in [0.29, 0.717) is 89.9 Å². The van der Waals surface area contributed by atoms with Crippen molar-refractivity contribution in [2.45, 2.75) is 44.2 Å². The smallest absolute Gasteiger partial charge is 0.264 e. The highest BCUT2D eigenvalue weighted by molar-refractivity contribution is 6.25. The molecule has 8 rings (SSSR count). The summed E-state index contributed by atoms with van der Waals surface area (Å²) in [6.07, 6.45) is 5.65. The molecule has 3 N–H and O–H groups in total. The van der Waals surface area contributed by atoms with Crippen LogP contribution >= 0.6 is 0 Å². The predicted molar refractivity (Wildman–Crippen MR) is 238 cm³/mol. The molecule has 5 heterocycles. The topological polar surface area (TPSA) is 214 Å². The van der Waals surface area contributed by atoms with Crippen LogP contribution in [-0.4, -0.2) is 133 Å². The Hall–Kier alpha value is -6.89. The number of amides is 6. The number of piperidine rings is 2. The largest absolute Gasteiger partial charge is 0.382 e. The fourth-order valence-electron chi connectivity index (χ4n) is 8.39. The molecule has 0 radical (unpaired) electrons. The molecule has 0 spiro atoms. The lowest BCUT2D eigenvalue weighted by molar-refractivity contribution is -0.138. The zero-order valence-electron chi connectivity index (χ0n) is 35.9. The fraction of sp³-hybridized carbons (Fsp3) is 0.383. The Kier molecular flexibility index (Phi) is 14.6. The number of nitrogens with one attached hydrogen (secondary N) is 3. The van der Waals surface area contributed by atoms with Gasteiger partial charge in [0.1, 0.15) is 18.2 Å². The Bertz CT molecular complexity index is 2410. The maximum atomic E-state index is 13.5. The van der Waals surface area contributed by atoms with Crippen LogP contribution in [0.4, 0.5) is 11.5 Å². The van der Waals surface area contributed by atoms with Gasteiger partial charge in [-0.05, 0) is 49.1 Å². The second-order valence-electron chi connectivity index (χ2n) is 15.9. The first-order chi connectivity index (χ1) is 31.8. The van der Waals surface area contributed by atoms with E-state index in [9.17, 15) is 28.8 Å². The molecule has 4 aliphatic rings. The van der Waals surface area contributed by atoms with E-state index in [-0.39, 0.29) is 47.7 Å². The number of hydrogen-bond acceptors (Lipinski definition) is 14. The van der Waals surface area contributed by atoms with Gasteiger partial charge in [-0.3, -0.25) is 39.0 Å². The molecule has 65 heavy (non-hydrogen) atoms. The number of hydrogen-bond donors (Lipinski definition) is 3. The molecule has 0 saturated carbocycles. The van der Waals surface area contributed by atoms with Crippen LogP contribution in [-0.2, 0) is 28.6 Å². The van der Waals surface area contributed by atoms with Crippen LogP contribution in [0.25, 0.3) is 11.3 Å². The molecule has 18 heteroatoms. The molecule has 3 aromatic carbocycles. The summed E-state index contributed by atoms with van der Waals surface area (Å²) in [5.41, 5.74) is 4.05. The van der Waals surface area contributed by atoms with Crippen molar-refractivity contribution in [3.63, 3.8) is 0 Å². The molecule has 0 bridgehead atoms. The zero-order valence-corrected chi connectivity index (χ0v) is 35.9. The number of rotatable bonds is 19. The first-order valence-electron chi connectivity index (χ1n) is 21.9. The third-order valence-corrected chi connectivity index (χ3v) is 11.8. The summed E-state index contributed by atoms with van der Waals surface area (Å²) in [6.45, 7) is 4.05. The van der Waals surface area contributed by atoms with Crippen molar-refractivity contribution < 1.29 is 43.0 Å². The van der Waals surface area contributed by atoms with E-state index < -0.39 is 29.7 Å². The highest BCUT2D eigenvalue weighted by Gasteiger charge is 2.45. The molecule has 2 saturated heterocycles. The van der Waals surface area contributed by atoms with Crippen LogP contribution in [0.5, 0.6) is 0 Å². The molecule has 2 unspecified atom stereocenters. The van der Waals surface area contributed by atoms with Gasteiger partial charge in [0.2, 0.25) is 17.7 Å². The van der Waals surface area contributed by atoms with Gasteiger partial charge in [0, 0.05) is 74.0 Å². The molecule has 1 aromatic heterocycles. The second-order valence-corrected chi connectivity index (χ2v) is 15.9. The van der Waals surface area contributed by atoms with Crippen molar-refractivity contribution in [3.8, 4) is 11.3 Å². The summed E-state index contributed by atoms with van der Waals surface area (Å²) in [4.78, 5) is 88.6. The third-order valence-electron chi connectivity index (χ3n) is 11.8. The van der Waals surface area contributed by atoms with E-state index in [2.05, 4.69) is 35.9 Å². The molecule has 4 aromatic rings. The van der Waals surface area contributed by atoms with E-state index in [4.69, 9.17) is 14.2 Å². The first kappa shape index (κ1) is 44.7. The van der Waals surface area contributed by atoms with E-state index >= 15 is 0 Å². The Morgan fingerprint density at radius 1 is 0.754 bits per heavy atom. The van der Waals surface area contributed by atoms with Crippen molar-refractivity contribution >= 4 is 53.2 Å². The first-order valence-corrected chi connectivity index (χ1v) is 21.9. The van der Waals surface area contributed by atoms with Crippen molar-refractivity contribution in [2.24, 2.45) is 11.0 Å². The summed E-state index contributed by atoms with van der Waals surface area (Å²) >= 11 is 0. The molecule has 18 nitrogen and oxygen atoms in total. The van der Waals surface area contributed by atoms with E-state index in [1.165, 1.54) is 0 Å². The van der Waals surface area contributed by atoms with Gasteiger partial charge in [0.05, 0.1) is 62.5 Å². The monoisotopic (exact) mass is 885 g/mol. The fourth-order valence-corrected chi connectivity index (χ4v) is 8.39. The van der Waals surface area contributed by atoms with Gasteiger partial charge in [0.25, 0.3) is 17.7 Å². The van der Waals surface area contributed by atoms with Gasteiger partial charge in [0.15, 0.2) is 0 Å². The van der Waals surface area contributed by atoms with Crippen molar-refractivity contribution in [1.29, 1.82) is 0 Å². The molecule has 2 fully saturated rings. The Morgan fingerprint density at radius 2 is 1.48 bits per heavy atom. The van der Waals surface area contributed by atoms with Crippen molar-refractivity contribution in [3.05, 3.63) is 107 Å². The van der Waals surface area contributed by atoms with Gasteiger partial charge in [-0.25, -0.2) is 15.0 Å². The molecule has 4 aliphatic heterocycles. The summed E-state index contributed by atoms with van der Waals surface area (Å²) in [7, 11) is 0. The number of imide groups is 2. The highest BCUT2D eigenvalue weighted by Crippen LogP contribution is 2.34. The molecular weight excluding hydrogens is 835 g/mol. The lowest BCUT2D eigenvalue weighted by Gasteiger charge is -2.34. The average Bonchev–Trinajstić information content (AvgIpc) is 3.93.